The zero-order valence-corrected chi connectivity index (χ0v) is 15.9. The number of nitrogens with zero attached hydrogens (tertiary/aromatic N) is 1. The maximum atomic E-state index is 13.5. The van der Waals surface area contributed by atoms with Crippen molar-refractivity contribution in [1.82, 2.24) is 0 Å². The largest absolute Gasteiger partial charge is 0.504 e. The molecule has 3 N–H and O–H groups in total. The fourth-order valence-corrected chi connectivity index (χ4v) is 3.49. The SMILES string of the molecule is COc1ccccc1N1C(=O)c2ccccc2N[C@H]1c1cc(O)c(O)c(OC)c1. The average molecular weight is 392 g/mol. The zero-order valence-electron chi connectivity index (χ0n) is 15.9. The Morgan fingerprint density at radius 1 is 0.931 bits per heavy atom. The van der Waals surface area contributed by atoms with Crippen LogP contribution in [-0.4, -0.2) is 30.3 Å². The first-order chi connectivity index (χ1) is 14.0. The summed E-state index contributed by atoms with van der Waals surface area (Å²) in [5.41, 5.74) is 2.29. The molecule has 4 rings (SSSR count). The average Bonchev–Trinajstić information content (AvgIpc) is 2.75. The minimum atomic E-state index is -0.672. The van der Waals surface area contributed by atoms with Crippen molar-refractivity contribution in [1.29, 1.82) is 0 Å². The molecule has 7 heteroatoms. The van der Waals surface area contributed by atoms with Crippen LogP contribution >= 0.6 is 0 Å². The molecule has 0 bridgehead atoms. The Balaban J connectivity index is 1.93. The lowest BCUT2D eigenvalue weighted by molar-refractivity contribution is 0.0974. The number of methoxy groups -OCH3 is 2. The summed E-state index contributed by atoms with van der Waals surface area (Å²) in [6.07, 6.45) is -0.672. The Morgan fingerprint density at radius 2 is 1.62 bits per heavy atom. The summed E-state index contributed by atoms with van der Waals surface area (Å²) in [5, 5.41) is 23.5. The van der Waals surface area contributed by atoms with Crippen LogP contribution in [0.15, 0.2) is 60.7 Å². The fourth-order valence-electron chi connectivity index (χ4n) is 3.49. The molecule has 1 atom stereocenters. The van der Waals surface area contributed by atoms with Crippen molar-refractivity contribution >= 4 is 17.3 Å². The normalized spacial score (nSPS) is 15.4. The Bertz CT molecular complexity index is 1080. The van der Waals surface area contributed by atoms with Crippen molar-refractivity contribution in [2.75, 3.05) is 24.4 Å². The van der Waals surface area contributed by atoms with E-state index in [-0.39, 0.29) is 23.2 Å². The van der Waals surface area contributed by atoms with E-state index in [2.05, 4.69) is 5.32 Å². The van der Waals surface area contributed by atoms with E-state index >= 15 is 0 Å². The van der Waals surface area contributed by atoms with Crippen LogP contribution in [0.3, 0.4) is 0 Å². The number of phenolic OH excluding ortho intramolecular Hbond substituents is 2. The highest BCUT2D eigenvalue weighted by molar-refractivity contribution is 6.12. The lowest BCUT2D eigenvalue weighted by Crippen LogP contribution is -2.43. The second-order valence-corrected chi connectivity index (χ2v) is 6.53. The third kappa shape index (κ3) is 3.06. The van der Waals surface area contributed by atoms with Gasteiger partial charge >= 0.3 is 0 Å². The number of hydrogen-bond donors (Lipinski definition) is 3. The van der Waals surface area contributed by atoms with E-state index in [1.54, 1.807) is 42.3 Å². The molecule has 148 valence electrons. The predicted molar refractivity (Wildman–Crippen MR) is 109 cm³/mol. The first kappa shape index (κ1) is 18.5. The molecule has 0 saturated heterocycles. The molecule has 3 aromatic carbocycles. The van der Waals surface area contributed by atoms with Gasteiger partial charge in [0.15, 0.2) is 11.5 Å². The number of anilines is 2. The van der Waals surface area contributed by atoms with E-state index in [9.17, 15) is 15.0 Å². The van der Waals surface area contributed by atoms with Gasteiger partial charge < -0.3 is 25.0 Å². The summed E-state index contributed by atoms with van der Waals surface area (Å²) >= 11 is 0. The number of carbonyl (C=O) groups is 1. The Morgan fingerprint density at radius 3 is 2.38 bits per heavy atom. The highest BCUT2D eigenvalue weighted by atomic mass is 16.5. The van der Waals surface area contributed by atoms with Gasteiger partial charge in [-0.2, -0.15) is 0 Å². The molecule has 0 unspecified atom stereocenters. The van der Waals surface area contributed by atoms with E-state index in [0.29, 0.717) is 28.3 Å². The van der Waals surface area contributed by atoms with Crippen molar-refractivity contribution in [3.63, 3.8) is 0 Å². The standard InChI is InChI=1S/C22H20N2O5/c1-28-18-10-6-5-9-16(18)24-21(13-11-17(25)20(26)19(12-13)29-2)23-15-8-4-3-7-14(15)22(24)27/h3-12,21,23,25-26H,1-2H3/t21-/m1/s1. The molecule has 0 fully saturated rings. The topological polar surface area (TPSA) is 91.3 Å². The second-order valence-electron chi connectivity index (χ2n) is 6.53. The molecule has 7 nitrogen and oxygen atoms in total. The van der Waals surface area contributed by atoms with Crippen LogP contribution in [0.4, 0.5) is 11.4 Å². The van der Waals surface area contributed by atoms with Crippen LogP contribution in [0.1, 0.15) is 22.1 Å². The number of para-hydroxylation sites is 3. The lowest BCUT2D eigenvalue weighted by atomic mass is 10.0. The summed E-state index contributed by atoms with van der Waals surface area (Å²) in [4.78, 5) is 15.0. The van der Waals surface area contributed by atoms with Gasteiger partial charge in [-0.25, -0.2) is 0 Å². The first-order valence-corrected chi connectivity index (χ1v) is 8.97. The number of hydrogen-bond acceptors (Lipinski definition) is 6. The first-order valence-electron chi connectivity index (χ1n) is 8.97. The molecule has 1 aliphatic rings. The van der Waals surface area contributed by atoms with E-state index in [1.165, 1.54) is 13.2 Å². The quantitative estimate of drug-likeness (QED) is 0.584. The summed E-state index contributed by atoms with van der Waals surface area (Å²) in [6, 6.07) is 17.4. The number of fused-ring (bicyclic) bond motifs is 1. The number of amides is 1. The number of rotatable bonds is 4. The number of carbonyl (C=O) groups excluding carboxylic acids is 1. The number of ether oxygens (including phenoxy) is 2. The van der Waals surface area contributed by atoms with Crippen LogP contribution in [-0.2, 0) is 0 Å². The highest BCUT2D eigenvalue weighted by Gasteiger charge is 2.36. The number of benzene rings is 3. The molecule has 0 aliphatic carbocycles. The minimum Gasteiger partial charge on any atom is -0.504 e. The number of aromatic hydroxyl groups is 2. The molecule has 1 aliphatic heterocycles. The van der Waals surface area contributed by atoms with Gasteiger partial charge in [-0.3, -0.25) is 9.69 Å². The monoisotopic (exact) mass is 392 g/mol. The molecular formula is C22H20N2O5. The van der Waals surface area contributed by atoms with Crippen molar-refractivity contribution < 1.29 is 24.5 Å². The third-order valence-electron chi connectivity index (χ3n) is 4.88. The summed E-state index contributed by atoms with van der Waals surface area (Å²) in [5.74, 6) is -0.287. The molecule has 3 aromatic rings. The van der Waals surface area contributed by atoms with Gasteiger partial charge in [-0.1, -0.05) is 24.3 Å². The van der Waals surface area contributed by atoms with Crippen molar-refractivity contribution in [3.05, 3.63) is 71.8 Å². The zero-order chi connectivity index (χ0) is 20.5. The van der Waals surface area contributed by atoms with E-state index < -0.39 is 6.17 Å². The Kier molecular flexibility index (Phi) is 4.64. The number of phenols is 2. The highest BCUT2D eigenvalue weighted by Crippen LogP contribution is 2.44. The smallest absolute Gasteiger partial charge is 0.262 e. The van der Waals surface area contributed by atoms with Crippen LogP contribution < -0.4 is 19.7 Å². The van der Waals surface area contributed by atoms with Crippen molar-refractivity contribution in [2.45, 2.75) is 6.17 Å². The van der Waals surface area contributed by atoms with Crippen LogP contribution in [0.5, 0.6) is 23.0 Å². The third-order valence-corrected chi connectivity index (χ3v) is 4.88. The van der Waals surface area contributed by atoms with Gasteiger partial charge in [-0.05, 0) is 36.4 Å². The van der Waals surface area contributed by atoms with Crippen molar-refractivity contribution in [2.24, 2.45) is 0 Å². The van der Waals surface area contributed by atoms with Crippen LogP contribution in [0, 0.1) is 0 Å². The molecule has 1 amide bonds. The predicted octanol–water partition coefficient (Wildman–Crippen LogP) is 3.89. The van der Waals surface area contributed by atoms with Gasteiger partial charge in [0.25, 0.3) is 5.91 Å². The minimum absolute atomic E-state index is 0.105. The lowest BCUT2D eigenvalue weighted by Gasteiger charge is -2.38. The molecule has 0 spiro atoms. The summed E-state index contributed by atoms with van der Waals surface area (Å²) in [6.45, 7) is 0. The molecule has 0 saturated carbocycles. The number of nitrogens with one attached hydrogen (secondary N) is 1. The van der Waals surface area contributed by atoms with Crippen LogP contribution in [0.2, 0.25) is 0 Å². The molecule has 0 aromatic heterocycles. The molecular weight excluding hydrogens is 372 g/mol. The van der Waals surface area contributed by atoms with Gasteiger partial charge in [0.05, 0.1) is 25.5 Å². The van der Waals surface area contributed by atoms with Gasteiger partial charge in [0, 0.05) is 11.3 Å². The van der Waals surface area contributed by atoms with Gasteiger partial charge in [0.2, 0.25) is 5.75 Å². The summed E-state index contributed by atoms with van der Waals surface area (Å²) in [7, 11) is 2.93. The second kappa shape index (κ2) is 7.27. The Hall–Kier alpha value is -3.87. The van der Waals surface area contributed by atoms with E-state index in [4.69, 9.17) is 9.47 Å². The van der Waals surface area contributed by atoms with E-state index in [0.717, 1.165) is 0 Å². The molecule has 0 radical (unpaired) electrons. The maximum absolute atomic E-state index is 13.5. The van der Waals surface area contributed by atoms with Gasteiger partial charge in [0.1, 0.15) is 11.9 Å². The molecule has 29 heavy (non-hydrogen) atoms. The Labute approximate surface area is 167 Å². The van der Waals surface area contributed by atoms with Gasteiger partial charge in [-0.15, -0.1) is 0 Å². The van der Waals surface area contributed by atoms with Crippen LogP contribution in [0.25, 0.3) is 0 Å². The summed E-state index contributed by atoms with van der Waals surface area (Å²) < 4.78 is 10.6. The molecule has 1 heterocycles. The maximum Gasteiger partial charge on any atom is 0.262 e. The van der Waals surface area contributed by atoms with E-state index in [1.807, 2.05) is 24.3 Å². The van der Waals surface area contributed by atoms with Crippen molar-refractivity contribution in [3.8, 4) is 23.0 Å². The fraction of sp³-hybridized carbons (Fsp3) is 0.136.